The van der Waals surface area contributed by atoms with Gasteiger partial charge in [-0.2, -0.15) is 0 Å². The number of amides is 2. The molecule has 2 aliphatic heterocycles. The number of carbonyl (C=O) groups is 2. The zero-order valence-electron chi connectivity index (χ0n) is 20.1. The number of thiocarbonyl (C=S) groups is 1. The summed E-state index contributed by atoms with van der Waals surface area (Å²) in [6.45, 7) is 4.32. The molecule has 1 fully saturated rings. The van der Waals surface area contributed by atoms with Gasteiger partial charge in [0.1, 0.15) is 17.9 Å². The van der Waals surface area contributed by atoms with Gasteiger partial charge in [0.05, 0.1) is 20.2 Å². The van der Waals surface area contributed by atoms with Crippen molar-refractivity contribution in [3.63, 3.8) is 0 Å². The summed E-state index contributed by atoms with van der Waals surface area (Å²) in [6, 6.07) is 14.0. The van der Waals surface area contributed by atoms with E-state index in [0.717, 1.165) is 16.0 Å². The molecule has 0 aromatic heterocycles. The number of hydrogen-bond donors (Lipinski definition) is 1. The Morgan fingerprint density at radius 2 is 1.92 bits per heavy atom. The Hall–Kier alpha value is -3.37. The zero-order chi connectivity index (χ0) is 27.7. The fourth-order valence-electron chi connectivity index (χ4n) is 4.12. The van der Waals surface area contributed by atoms with E-state index in [1.165, 1.54) is 6.08 Å². The molecule has 11 heteroatoms. The fourth-order valence-corrected chi connectivity index (χ4v) is 5.41. The number of fused-ring (bicyclic) bond motifs is 1. The summed E-state index contributed by atoms with van der Waals surface area (Å²) in [4.78, 5) is 27.4. The van der Waals surface area contributed by atoms with Gasteiger partial charge < -0.3 is 14.2 Å². The highest BCUT2D eigenvalue weighted by Gasteiger charge is 2.35. The minimum Gasteiger partial charge on any atom is -0.487 e. The number of anilines is 1. The first-order chi connectivity index (χ1) is 18.8. The van der Waals surface area contributed by atoms with Gasteiger partial charge in [0.2, 0.25) is 6.79 Å². The highest BCUT2D eigenvalue weighted by atomic mass is 79.9. The predicted molar refractivity (Wildman–Crippen MR) is 158 cm³/mol. The molecule has 3 aromatic rings. The van der Waals surface area contributed by atoms with Gasteiger partial charge in [0.15, 0.2) is 16.6 Å². The van der Waals surface area contributed by atoms with Crippen molar-refractivity contribution in [1.29, 1.82) is 0 Å². The maximum atomic E-state index is 13.5. The highest BCUT2D eigenvalue weighted by Crippen LogP contribution is 2.37. The Balaban J connectivity index is 1.45. The van der Waals surface area contributed by atoms with Crippen molar-refractivity contribution in [3.8, 4) is 17.2 Å². The summed E-state index contributed by atoms with van der Waals surface area (Å²) in [5.74, 6) is 0.735. The summed E-state index contributed by atoms with van der Waals surface area (Å²) in [7, 11) is 0. The van der Waals surface area contributed by atoms with Crippen LogP contribution in [0.5, 0.6) is 17.2 Å². The SMILES string of the molecule is C=CCc1cc(/C=C2\C(=O)NC(=S)N(c3cccc(Cl)c3Cl)C2=O)cc(Br)c1OCc1ccc2c(c1)OCO2. The molecule has 2 amide bonds. The van der Waals surface area contributed by atoms with Crippen LogP contribution in [0, 0.1) is 0 Å². The van der Waals surface area contributed by atoms with Crippen molar-refractivity contribution in [3.05, 3.63) is 98.0 Å². The fraction of sp³-hybridized carbons (Fsp3) is 0.107. The quantitative estimate of drug-likeness (QED) is 0.135. The lowest BCUT2D eigenvalue weighted by atomic mass is 10.0. The maximum Gasteiger partial charge on any atom is 0.270 e. The number of nitrogens with one attached hydrogen (secondary N) is 1. The van der Waals surface area contributed by atoms with E-state index in [-0.39, 0.29) is 39.8 Å². The average Bonchev–Trinajstić information content (AvgIpc) is 3.37. The number of ether oxygens (including phenoxy) is 3. The third-order valence-corrected chi connectivity index (χ3v) is 7.59. The molecular weight excluding hydrogens is 627 g/mol. The van der Waals surface area contributed by atoms with Gasteiger partial charge in [0.25, 0.3) is 11.8 Å². The molecule has 39 heavy (non-hydrogen) atoms. The van der Waals surface area contributed by atoms with Crippen LogP contribution in [-0.4, -0.2) is 23.7 Å². The summed E-state index contributed by atoms with van der Waals surface area (Å²) in [6.07, 6.45) is 3.72. The van der Waals surface area contributed by atoms with E-state index in [2.05, 4.69) is 27.8 Å². The summed E-state index contributed by atoms with van der Waals surface area (Å²) in [5.41, 5.74) is 2.46. The van der Waals surface area contributed by atoms with E-state index in [4.69, 9.17) is 49.6 Å². The third-order valence-electron chi connectivity index (χ3n) is 5.91. The highest BCUT2D eigenvalue weighted by molar-refractivity contribution is 9.10. The molecule has 2 aliphatic rings. The summed E-state index contributed by atoms with van der Waals surface area (Å²) in [5, 5.41) is 2.86. The Kier molecular flexibility index (Phi) is 7.95. The molecule has 0 unspecified atom stereocenters. The minimum absolute atomic E-state index is 0.0906. The lowest BCUT2D eigenvalue weighted by Crippen LogP contribution is -2.54. The van der Waals surface area contributed by atoms with Crippen LogP contribution in [-0.2, 0) is 22.6 Å². The molecule has 198 valence electrons. The average molecular weight is 646 g/mol. The number of halogens is 3. The van der Waals surface area contributed by atoms with Gasteiger partial charge in [-0.1, -0.05) is 41.4 Å². The van der Waals surface area contributed by atoms with Crippen molar-refractivity contribution in [1.82, 2.24) is 5.32 Å². The zero-order valence-corrected chi connectivity index (χ0v) is 24.0. The molecular formula is C28H19BrCl2N2O5S. The smallest absolute Gasteiger partial charge is 0.270 e. The van der Waals surface area contributed by atoms with E-state index >= 15 is 0 Å². The number of nitrogens with zero attached hydrogens (tertiary/aromatic N) is 1. The van der Waals surface area contributed by atoms with Gasteiger partial charge in [-0.3, -0.25) is 19.8 Å². The van der Waals surface area contributed by atoms with Gasteiger partial charge in [-0.25, -0.2) is 0 Å². The number of rotatable bonds is 7. The number of hydrogen-bond acceptors (Lipinski definition) is 6. The molecule has 1 N–H and O–H groups in total. The molecule has 7 nitrogen and oxygen atoms in total. The van der Waals surface area contributed by atoms with Gasteiger partial charge in [-0.05, 0) is 93.7 Å². The van der Waals surface area contributed by atoms with Crippen LogP contribution in [0.2, 0.25) is 10.0 Å². The van der Waals surface area contributed by atoms with Crippen molar-refractivity contribution in [2.45, 2.75) is 13.0 Å². The van der Waals surface area contributed by atoms with Crippen LogP contribution in [0.15, 0.2) is 71.2 Å². The predicted octanol–water partition coefficient (Wildman–Crippen LogP) is 6.62. The van der Waals surface area contributed by atoms with Crippen molar-refractivity contribution >= 4 is 80.0 Å². The first kappa shape index (κ1) is 27.2. The van der Waals surface area contributed by atoms with Gasteiger partial charge >= 0.3 is 0 Å². The Morgan fingerprint density at radius 1 is 1.13 bits per heavy atom. The lowest BCUT2D eigenvalue weighted by Gasteiger charge is -2.29. The molecule has 0 aliphatic carbocycles. The van der Waals surface area contributed by atoms with Gasteiger partial charge in [0, 0.05) is 0 Å². The molecule has 1 saturated heterocycles. The molecule has 0 bridgehead atoms. The molecule has 0 spiro atoms. The normalized spacial score (nSPS) is 15.5. The maximum absolute atomic E-state index is 13.5. The van der Waals surface area contributed by atoms with Crippen LogP contribution < -0.4 is 24.4 Å². The molecule has 0 radical (unpaired) electrons. The Morgan fingerprint density at radius 3 is 2.72 bits per heavy atom. The minimum atomic E-state index is -0.627. The molecule has 0 saturated carbocycles. The van der Waals surface area contributed by atoms with Crippen LogP contribution in [0.4, 0.5) is 5.69 Å². The number of benzene rings is 3. The molecule has 5 rings (SSSR count). The van der Waals surface area contributed by atoms with Crippen LogP contribution in [0.1, 0.15) is 16.7 Å². The van der Waals surface area contributed by atoms with Crippen LogP contribution in [0.25, 0.3) is 6.08 Å². The monoisotopic (exact) mass is 644 g/mol. The Bertz CT molecular complexity index is 1580. The second-order valence-corrected chi connectivity index (χ2v) is 10.5. The topological polar surface area (TPSA) is 77.1 Å². The van der Waals surface area contributed by atoms with Crippen molar-refractivity contribution in [2.24, 2.45) is 0 Å². The summed E-state index contributed by atoms with van der Waals surface area (Å²) >= 11 is 21.3. The van der Waals surface area contributed by atoms with Crippen LogP contribution in [0.3, 0.4) is 0 Å². The largest absolute Gasteiger partial charge is 0.487 e. The summed E-state index contributed by atoms with van der Waals surface area (Å²) < 4.78 is 17.6. The third kappa shape index (κ3) is 5.53. The van der Waals surface area contributed by atoms with E-state index in [1.54, 1.807) is 30.3 Å². The number of allylic oxidation sites excluding steroid dienone is 1. The second kappa shape index (κ2) is 11.4. The first-order valence-corrected chi connectivity index (χ1v) is 13.5. The van der Waals surface area contributed by atoms with Crippen LogP contribution >= 0.6 is 51.3 Å². The molecule has 2 heterocycles. The van der Waals surface area contributed by atoms with E-state index in [9.17, 15) is 9.59 Å². The van der Waals surface area contributed by atoms with E-state index in [0.29, 0.717) is 33.7 Å². The van der Waals surface area contributed by atoms with Crippen molar-refractivity contribution < 1.29 is 23.8 Å². The van der Waals surface area contributed by atoms with E-state index in [1.807, 2.05) is 24.3 Å². The standard InChI is InChI=1S/C28H19BrCl2N2O5S/c1-2-4-17-9-16(11-19(29)25(17)36-13-15-7-8-22-23(12-15)38-14-37-22)10-18-26(34)32-28(39)33(27(18)35)21-6-3-5-20(30)24(21)31/h2-3,5-12H,1,4,13-14H2,(H,32,34,39)/b18-10+. The van der Waals surface area contributed by atoms with Gasteiger partial charge in [-0.15, -0.1) is 6.58 Å². The Labute approximate surface area is 248 Å². The molecule has 3 aromatic carbocycles. The molecule has 0 atom stereocenters. The van der Waals surface area contributed by atoms with E-state index < -0.39 is 11.8 Å². The van der Waals surface area contributed by atoms with Crippen molar-refractivity contribution in [2.75, 3.05) is 11.7 Å². The first-order valence-electron chi connectivity index (χ1n) is 11.6. The second-order valence-electron chi connectivity index (χ2n) is 8.49. The lowest BCUT2D eigenvalue weighted by molar-refractivity contribution is -0.122. The number of carbonyl (C=O) groups excluding carboxylic acids is 2.